The van der Waals surface area contributed by atoms with Gasteiger partial charge in [-0.1, -0.05) is 0 Å². The molecule has 1 aromatic rings. The molecule has 1 fully saturated rings. The molecule has 0 aromatic heterocycles. The van der Waals surface area contributed by atoms with Crippen molar-refractivity contribution >= 4 is 21.8 Å². The van der Waals surface area contributed by atoms with Crippen molar-refractivity contribution < 1.29 is 17.9 Å². The van der Waals surface area contributed by atoms with E-state index in [-0.39, 0.29) is 22.9 Å². The molecule has 1 atom stereocenters. The van der Waals surface area contributed by atoms with E-state index in [0.717, 1.165) is 18.4 Å². The summed E-state index contributed by atoms with van der Waals surface area (Å²) < 4.78 is 32.9. The summed E-state index contributed by atoms with van der Waals surface area (Å²) >= 11 is 0. The summed E-state index contributed by atoms with van der Waals surface area (Å²) in [4.78, 5) is 14.2. The summed E-state index contributed by atoms with van der Waals surface area (Å²) in [5.41, 5.74) is 6.61. The van der Waals surface area contributed by atoms with Crippen molar-refractivity contribution in [3.05, 3.63) is 23.8 Å². The zero-order valence-corrected chi connectivity index (χ0v) is 18.5. The summed E-state index contributed by atoms with van der Waals surface area (Å²) in [6, 6.07) is 4.61. The monoisotopic (exact) mass is 411 g/mol. The minimum Gasteiger partial charge on any atom is -0.444 e. The fourth-order valence-corrected chi connectivity index (χ4v) is 4.89. The second-order valence-corrected chi connectivity index (χ2v) is 10.6. The molecule has 0 unspecified atom stereocenters. The van der Waals surface area contributed by atoms with E-state index in [4.69, 9.17) is 10.5 Å². The Bertz CT molecular complexity index is 809. The number of ether oxygens (including phenoxy) is 1. The molecule has 7 nitrogen and oxygen atoms in total. The molecule has 0 bridgehead atoms. The van der Waals surface area contributed by atoms with E-state index in [1.54, 1.807) is 37.1 Å². The second-order valence-electron chi connectivity index (χ2n) is 8.59. The lowest BCUT2D eigenvalue weighted by Gasteiger charge is -2.38. The Hall–Kier alpha value is -1.80. The standard InChI is InChI=1S/C20H33N3O4S/c1-14-13-17(7-8-18(14)21)28(25,26)22(6)15(2)16-9-11-23(12-10-16)19(24)27-20(3,4)5/h7-8,13,15-16H,9-12,21H2,1-6H3/t15-/m1/s1. The van der Waals surface area contributed by atoms with Crippen LogP contribution in [0.5, 0.6) is 0 Å². The van der Waals surface area contributed by atoms with Crippen LogP contribution in [-0.4, -0.2) is 55.5 Å². The van der Waals surface area contributed by atoms with Crippen molar-refractivity contribution in [3.63, 3.8) is 0 Å². The van der Waals surface area contributed by atoms with Crippen LogP contribution in [0.25, 0.3) is 0 Å². The van der Waals surface area contributed by atoms with Crippen LogP contribution in [0.2, 0.25) is 0 Å². The van der Waals surface area contributed by atoms with Crippen LogP contribution in [0.1, 0.15) is 46.1 Å². The minimum atomic E-state index is -3.61. The molecule has 1 aromatic carbocycles. The van der Waals surface area contributed by atoms with Crippen molar-refractivity contribution in [1.82, 2.24) is 9.21 Å². The third kappa shape index (κ3) is 5.17. The van der Waals surface area contributed by atoms with E-state index in [1.807, 2.05) is 27.7 Å². The fraction of sp³-hybridized carbons (Fsp3) is 0.650. The fourth-order valence-electron chi connectivity index (χ4n) is 3.38. The zero-order valence-electron chi connectivity index (χ0n) is 17.7. The van der Waals surface area contributed by atoms with E-state index < -0.39 is 15.6 Å². The van der Waals surface area contributed by atoms with Gasteiger partial charge in [0.05, 0.1) is 4.90 Å². The van der Waals surface area contributed by atoms with Gasteiger partial charge in [0.2, 0.25) is 10.0 Å². The van der Waals surface area contributed by atoms with Gasteiger partial charge in [0.25, 0.3) is 0 Å². The van der Waals surface area contributed by atoms with Crippen molar-refractivity contribution in [1.29, 1.82) is 0 Å². The highest BCUT2D eigenvalue weighted by atomic mass is 32.2. The number of nitrogens with zero attached hydrogens (tertiary/aromatic N) is 2. The molecule has 0 radical (unpaired) electrons. The van der Waals surface area contributed by atoms with E-state index in [0.29, 0.717) is 18.8 Å². The highest BCUT2D eigenvalue weighted by molar-refractivity contribution is 7.89. The first-order valence-electron chi connectivity index (χ1n) is 9.65. The van der Waals surface area contributed by atoms with Gasteiger partial charge in [0.1, 0.15) is 5.60 Å². The molecule has 28 heavy (non-hydrogen) atoms. The first kappa shape index (κ1) is 22.5. The minimum absolute atomic E-state index is 0.174. The van der Waals surface area contributed by atoms with Crippen LogP contribution in [0.4, 0.5) is 10.5 Å². The topological polar surface area (TPSA) is 92.9 Å². The molecular weight excluding hydrogens is 378 g/mol. The molecule has 2 rings (SSSR count). The van der Waals surface area contributed by atoms with Gasteiger partial charge in [0.15, 0.2) is 0 Å². The van der Waals surface area contributed by atoms with Crippen LogP contribution in [-0.2, 0) is 14.8 Å². The van der Waals surface area contributed by atoms with Gasteiger partial charge < -0.3 is 15.4 Å². The number of amides is 1. The number of hydrogen-bond acceptors (Lipinski definition) is 5. The number of likely N-dealkylation sites (tertiary alicyclic amines) is 1. The van der Waals surface area contributed by atoms with Gasteiger partial charge in [-0.25, -0.2) is 13.2 Å². The largest absolute Gasteiger partial charge is 0.444 e. The Morgan fingerprint density at radius 1 is 1.29 bits per heavy atom. The lowest BCUT2D eigenvalue weighted by molar-refractivity contribution is 0.0161. The molecule has 0 spiro atoms. The molecule has 0 saturated carbocycles. The number of hydrogen-bond donors (Lipinski definition) is 1. The smallest absolute Gasteiger partial charge is 0.410 e. The van der Waals surface area contributed by atoms with E-state index in [1.165, 1.54) is 4.31 Å². The van der Waals surface area contributed by atoms with Crippen LogP contribution in [0.15, 0.2) is 23.1 Å². The molecule has 158 valence electrons. The van der Waals surface area contributed by atoms with Crippen molar-refractivity contribution in [2.45, 2.75) is 64.0 Å². The molecule has 1 aliphatic rings. The van der Waals surface area contributed by atoms with Gasteiger partial charge in [-0.3, -0.25) is 0 Å². The molecular formula is C20H33N3O4S. The maximum Gasteiger partial charge on any atom is 0.410 e. The quantitative estimate of drug-likeness (QED) is 0.768. The number of sulfonamides is 1. The highest BCUT2D eigenvalue weighted by Crippen LogP contribution is 2.28. The number of carbonyl (C=O) groups excluding carboxylic acids is 1. The Balaban J connectivity index is 2.03. The Morgan fingerprint density at radius 2 is 1.86 bits per heavy atom. The molecule has 8 heteroatoms. The van der Waals surface area contributed by atoms with Crippen LogP contribution in [0, 0.1) is 12.8 Å². The third-order valence-corrected chi connectivity index (χ3v) is 7.31. The lowest BCUT2D eigenvalue weighted by atomic mass is 9.90. The van der Waals surface area contributed by atoms with E-state index in [2.05, 4.69) is 0 Å². The summed E-state index contributed by atoms with van der Waals surface area (Å²) in [6.07, 6.45) is 1.17. The normalized spacial score (nSPS) is 17.6. The first-order chi connectivity index (χ1) is 12.8. The van der Waals surface area contributed by atoms with Crippen LogP contribution >= 0.6 is 0 Å². The molecule has 1 amide bonds. The number of nitrogens with two attached hydrogens (primary N) is 1. The second kappa shape index (κ2) is 8.29. The van der Waals surface area contributed by atoms with E-state index in [9.17, 15) is 13.2 Å². The molecule has 1 saturated heterocycles. The molecule has 2 N–H and O–H groups in total. The predicted octanol–water partition coefficient (Wildman–Crippen LogP) is 3.23. The summed E-state index contributed by atoms with van der Waals surface area (Å²) in [5, 5.41) is 0. The lowest BCUT2D eigenvalue weighted by Crippen LogP contribution is -2.47. The number of anilines is 1. The summed E-state index contributed by atoms with van der Waals surface area (Å²) in [6.45, 7) is 10.4. The molecule has 0 aliphatic carbocycles. The van der Waals surface area contributed by atoms with Gasteiger partial charge in [-0.2, -0.15) is 4.31 Å². The van der Waals surface area contributed by atoms with Crippen molar-refractivity contribution in [2.24, 2.45) is 5.92 Å². The zero-order chi connectivity index (χ0) is 21.3. The van der Waals surface area contributed by atoms with E-state index >= 15 is 0 Å². The highest BCUT2D eigenvalue weighted by Gasteiger charge is 2.34. The number of piperidine rings is 1. The third-order valence-electron chi connectivity index (χ3n) is 5.37. The maximum atomic E-state index is 13.0. The Labute approximate surface area is 168 Å². The van der Waals surface area contributed by atoms with Gasteiger partial charge >= 0.3 is 6.09 Å². The number of rotatable bonds is 4. The number of benzene rings is 1. The number of aryl methyl sites for hydroxylation is 1. The van der Waals surface area contributed by atoms with Gasteiger partial charge in [0, 0.05) is 31.9 Å². The number of carbonyl (C=O) groups is 1. The van der Waals surface area contributed by atoms with Crippen molar-refractivity contribution in [3.8, 4) is 0 Å². The van der Waals surface area contributed by atoms with Crippen LogP contribution < -0.4 is 5.73 Å². The summed E-state index contributed by atoms with van der Waals surface area (Å²) in [5.74, 6) is 0.174. The average molecular weight is 412 g/mol. The maximum absolute atomic E-state index is 13.0. The van der Waals surface area contributed by atoms with Crippen LogP contribution in [0.3, 0.4) is 0 Å². The van der Waals surface area contributed by atoms with Crippen molar-refractivity contribution in [2.75, 3.05) is 25.9 Å². The molecule has 1 heterocycles. The number of nitrogen functional groups attached to an aromatic ring is 1. The Morgan fingerprint density at radius 3 is 2.36 bits per heavy atom. The Kier molecular flexibility index (Phi) is 6.66. The SMILES string of the molecule is Cc1cc(S(=O)(=O)N(C)[C@H](C)C2CCN(C(=O)OC(C)(C)C)CC2)ccc1N. The van der Waals surface area contributed by atoms with Gasteiger partial charge in [-0.15, -0.1) is 0 Å². The average Bonchev–Trinajstić information content (AvgIpc) is 2.61. The van der Waals surface area contributed by atoms with Gasteiger partial charge in [-0.05, 0) is 77.1 Å². The summed E-state index contributed by atoms with van der Waals surface area (Å²) in [7, 11) is -1.99. The predicted molar refractivity (Wildman–Crippen MR) is 111 cm³/mol. The molecule has 1 aliphatic heterocycles. The first-order valence-corrected chi connectivity index (χ1v) is 11.1.